The van der Waals surface area contributed by atoms with Crippen LogP contribution < -0.4 is 5.32 Å². The second-order valence-corrected chi connectivity index (χ2v) is 5.96. The number of halogens is 1. The van der Waals surface area contributed by atoms with E-state index < -0.39 is 0 Å². The number of aryl methyl sites for hydroxylation is 2. The van der Waals surface area contributed by atoms with E-state index in [1.54, 1.807) is 0 Å². The molecule has 0 bridgehead atoms. The van der Waals surface area contributed by atoms with E-state index in [4.69, 9.17) is 11.6 Å². The fraction of sp³-hybridized carbons (Fsp3) is 0.333. The minimum absolute atomic E-state index is 0.268. The highest BCUT2D eigenvalue weighted by Gasteiger charge is 2.13. The fourth-order valence-electron chi connectivity index (χ4n) is 2.65. The molecule has 0 aliphatic rings. The lowest BCUT2D eigenvalue weighted by atomic mass is 9.99. The van der Waals surface area contributed by atoms with Gasteiger partial charge in [0.05, 0.1) is 0 Å². The summed E-state index contributed by atoms with van der Waals surface area (Å²) in [5, 5.41) is 4.43. The number of rotatable bonds is 4. The van der Waals surface area contributed by atoms with Gasteiger partial charge in [0.2, 0.25) is 0 Å². The standard InChI is InChI=1S/C18H22ClN/c1-12-8-9-18(13(2)10-12)15(4)20-14(3)16-6-5-7-17(19)11-16/h5-11,14-15,20H,1-4H3. The third-order valence-corrected chi connectivity index (χ3v) is 3.98. The highest BCUT2D eigenvalue weighted by molar-refractivity contribution is 6.30. The van der Waals surface area contributed by atoms with E-state index in [1.165, 1.54) is 22.3 Å². The molecule has 0 radical (unpaired) electrons. The topological polar surface area (TPSA) is 12.0 Å². The Bertz CT molecular complexity index is 592. The first-order chi connectivity index (χ1) is 9.47. The van der Waals surface area contributed by atoms with Crippen LogP contribution in [0, 0.1) is 13.8 Å². The molecule has 2 atom stereocenters. The first kappa shape index (κ1) is 15.1. The van der Waals surface area contributed by atoms with Gasteiger partial charge in [-0.15, -0.1) is 0 Å². The van der Waals surface area contributed by atoms with Crippen molar-refractivity contribution in [2.24, 2.45) is 0 Å². The monoisotopic (exact) mass is 287 g/mol. The van der Waals surface area contributed by atoms with Gasteiger partial charge in [0.25, 0.3) is 0 Å². The quantitative estimate of drug-likeness (QED) is 0.797. The molecule has 106 valence electrons. The maximum Gasteiger partial charge on any atom is 0.0409 e. The van der Waals surface area contributed by atoms with Crippen molar-refractivity contribution < 1.29 is 0 Å². The van der Waals surface area contributed by atoms with Gasteiger partial charge in [-0.1, -0.05) is 47.5 Å². The van der Waals surface area contributed by atoms with E-state index in [-0.39, 0.29) is 6.04 Å². The molecule has 2 heteroatoms. The van der Waals surface area contributed by atoms with Crippen LogP contribution in [0.1, 0.15) is 48.2 Å². The predicted octanol–water partition coefficient (Wildman–Crippen LogP) is 5.37. The van der Waals surface area contributed by atoms with Gasteiger partial charge in [0, 0.05) is 17.1 Å². The van der Waals surface area contributed by atoms with Crippen molar-refractivity contribution in [3.05, 3.63) is 69.7 Å². The van der Waals surface area contributed by atoms with E-state index in [9.17, 15) is 0 Å². The fourth-order valence-corrected chi connectivity index (χ4v) is 2.85. The summed E-state index contributed by atoms with van der Waals surface area (Å²) in [7, 11) is 0. The Kier molecular flexibility index (Phi) is 4.85. The molecule has 20 heavy (non-hydrogen) atoms. The molecule has 0 heterocycles. The molecule has 0 aromatic heterocycles. The van der Waals surface area contributed by atoms with Crippen LogP contribution in [0.25, 0.3) is 0 Å². The minimum atomic E-state index is 0.268. The van der Waals surface area contributed by atoms with Crippen LogP contribution in [0.5, 0.6) is 0 Å². The Labute approximate surface area is 127 Å². The smallest absolute Gasteiger partial charge is 0.0409 e. The summed E-state index contributed by atoms with van der Waals surface area (Å²) >= 11 is 6.06. The van der Waals surface area contributed by atoms with Gasteiger partial charge in [-0.3, -0.25) is 0 Å². The second kappa shape index (κ2) is 6.43. The van der Waals surface area contributed by atoms with Gasteiger partial charge in [-0.05, 0) is 56.5 Å². The second-order valence-electron chi connectivity index (χ2n) is 5.53. The average molecular weight is 288 g/mol. The van der Waals surface area contributed by atoms with Gasteiger partial charge in [0.1, 0.15) is 0 Å². The Morgan fingerprint density at radius 2 is 1.70 bits per heavy atom. The summed E-state index contributed by atoms with van der Waals surface area (Å²) in [4.78, 5) is 0. The summed E-state index contributed by atoms with van der Waals surface area (Å²) in [6.07, 6.45) is 0. The molecular weight excluding hydrogens is 266 g/mol. The Morgan fingerprint density at radius 1 is 0.950 bits per heavy atom. The maximum atomic E-state index is 6.06. The molecular formula is C18H22ClN. The molecule has 1 nitrogen and oxygen atoms in total. The average Bonchev–Trinajstić information content (AvgIpc) is 2.38. The van der Waals surface area contributed by atoms with E-state index in [0.29, 0.717) is 6.04 Å². The molecule has 1 N–H and O–H groups in total. The molecule has 0 amide bonds. The summed E-state index contributed by atoms with van der Waals surface area (Å²) in [5.41, 5.74) is 5.21. The molecule has 0 saturated carbocycles. The highest BCUT2D eigenvalue weighted by atomic mass is 35.5. The molecule has 2 unspecified atom stereocenters. The van der Waals surface area contributed by atoms with Crippen LogP contribution in [0.15, 0.2) is 42.5 Å². The van der Waals surface area contributed by atoms with Crippen molar-refractivity contribution in [1.29, 1.82) is 0 Å². The molecule has 2 aromatic carbocycles. The zero-order valence-electron chi connectivity index (χ0n) is 12.6. The third kappa shape index (κ3) is 3.62. The van der Waals surface area contributed by atoms with Crippen molar-refractivity contribution in [2.45, 2.75) is 39.8 Å². The molecule has 0 fully saturated rings. The van der Waals surface area contributed by atoms with Crippen LogP contribution in [0.2, 0.25) is 5.02 Å². The molecule has 0 aliphatic heterocycles. The SMILES string of the molecule is Cc1ccc(C(C)NC(C)c2cccc(Cl)c2)c(C)c1. The normalized spacial score (nSPS) is 14.1. The van der Waals surface area contributed by atoms with Gasteiger partial charge in [0.15, 0.2) is 0 Å². The summed E-state index contributed by atoms with van der Waals surface area (Å²) in [6, 6.07) is 15.2. The molecule has 0 aliphatic carbocycles. The minimum Gasteiger partial charge on any atom is -0.304 e. The first-order valence-electron chi connectivity index (χ1n) is 7.06. The highest BCUT2D eigenvalue weighted by Crippen LogP contribution is 2.23. The van der Waals surface area contributed by atoms with E-state index >= 15 is 0 Å². The van der Waals surface area contributed by atoms with Gasteiger partial charge in [-0.2, -0.15) is 0 Å². The molecule has 0 saturated heterocycles. The summed E-state index contributed by atoms with van der Waals surface area (Å²) in [5.74, 6) is 0. The number of hydrogen-bond donors (Lipinski definition) is 1. The predicted molar refractivity (Wildman–Crippen MR) is 87.3 cm³/mol. The Morgan fingerprint density at radius 3 is 2.35 bits per heavy atom. The molecule has 2 rings (SSSR count). The van der Waals surface area contributed by atoms with Crippen molar-refractivity contribution in [3.8, 4) is 0 Å². The van der Waals surface area contributed by atoms with Crippen LogP contribution >= 0.6 is 11.6 Å². The number of benzene rings is 2. The number of hydrogen-bond acceptors (Lipinski definition) is 1. The Balaban J connectivity index is 2.12. The largest absolute Gasteiger partial charge is 0.304 e. The van der Waals surface area contributed by atoms with E-state index in [0.717, 1.165) is 5.02 Å². The molecule has 0 spiro atoms. The van der Waals surface area contributed by atoms with Gasteiger partial charge < -0.3 is 5.32 Å². The zero-order chi connectivity index (χ0) is 14.7. The maximum absolute atomic E-state index is 6.06. The van der Waals surface area contributed by atoms with Crippen molar-refractivity contribution >= 4 is 11.6 Å². The van der Waals surface area contributed by atoms with E-state index in [2.05, 4.69) is 57.3 Å². The Hall–Kier alpha value is -1.31. The summed E-state index contributed by atoms with van der Waals surface area (Å²) in [6.45, 7) is 8.68. The van der Waals surface area contributed by atoms with Crippen molar-refractivity contribution in [2.75, 3.05) is 0 Å². The lowest BCUT2D eigenvalue weighted by molar-refractivity contribution is 0.493. The van der Waals surface area contributed by atoms with Gasteiger partial charge in [-0.25, -0.2) is 0 Å². The summed E-state index contributed by atoms with van der Waals surface area (Å²) < 4.78 is 0. The van der Waals surface area contributed by atoms with Crippen LogP contribution in [-0.4, -0.2) is 0 Å². The van der Waals surface area contributed by atoms with Crippen molar-refractivity contribution in [3.63, 3.8) is 0 Å². The lowest BCUT2D eigenvalue weighted by Gasteiger charge is -2.22. The van der Waals surface area contributed by atoms with E-state index in [1.807, 2.05) is 18.2 Å². The van der Waals surface area contributed by atoms with Crippen molar-refractivity contribution in [1.82, 2.24) is 5.32 Å². The van der Waals surface area contributed by atoms with Crippen LogP contribution in [0.3, 0.4) is 0 Å². The van der Waals surface area contributed by atoms with Gasteiger partial charge >= 0.3 is 0 Å². The van der Waals surface area contributed by atoms with Crippen LogP contribution in [-0.2, 0) is 0 Å². The zero-order valence-corrected chi connectivity index (χ0v) is 13.3. The first-order valence-corrected chi connectivity index (χ1v) is 7.44. The number of nitrogens with one attached hydrogen (secondary N) is 1. The molecule has 2 aromatic rings. The third-order valence-electron chi connectivity index (χ3n) is 3.74. The van der Waals surface area contributed by atoms with Crippen LogP contribution in [0.4, 0.5) is 0 Å². The lowest BCUT2D eigenvalue weighted by Crippen LogP contribution is -2.23.